The van der Waals surface area contributed by atoms with Gasteiger partial charge in [-0.3, -0.25) is 9.52 Å². The average Bonchev–Trinajstić information content (AvgIpc) is 2.77. The van der Waals surface area contributed by atoms with Gasteiger partial charge in [0.15, 0.2) is 0 Å². The van der Waals surface area contributed by atoms with E-state index in [0.29, 0.717) is 23.5 Å². The van der Waals surface area contributed by atoms with Crippen LogP contribution in [0.2, 0.25) is 0 Å². The molecule has 0 aliphatic rings. The number of nitrogens with one attached hydrogen (secondary N) is 2. The largest absolute Gasteiger partial charge is 0.495 e. The molecule has 2 N–H and O–H groups in total. The number of carbonyl (C=O) groups excluding carboxylic acids is 1. The first kappa shape index (κ1) is 21.4. The van der Waals surface area contributed by atoms with E-state index in [1.807, 2.05) is 18.2 Å². The van der Waals surface area contributed by atoms with E-state index in [-0.39, 0.29) is 10.8 Å². The number of aryl methyl sites for hydroxylation is 1. The van der Waals surface area contributed by atoms with Crippen LogP contribution in [0.1, 0.15) is 22.3 Å². The van der Waals surface area contributed by atoms with Crippen LogP contribution >= 0.6 is 0 Å². The van der Waals surface area contributed by atoms with Crippen LogP contribution in [0.3, 0.4) is 0 Å². The number of methoxy groups -OCH3 is 1. The zero-order valence-electron chi connectivity index (χ0n) is 16.7. The molecule has 7 heteroatoms. The summed E-state index contributed by atoms with van der Waals surface area (Å²) in [4.78, 5) is 12.4. The Balaban J connectivity index is 1.57. The standard InChI is InChI=1S/C23H24N2O4S/c1-29-22-12-6-5-11-21(22)25-30(27,28)20-15-13-19(14-16-20)23(26)24-17-7-10-18-8-3-2-4-9-18/h2-6,8-9,11-16,25H,7,10,17H2,1H3,(H,24,26). The molecule has 0 aliphatic heterocycles. The smallest absolute Gasteiger partial charge is 0.262 e. The molecule has 1 amide bonds. The van der Waals surface area contributed by atoms with Crippen molar-refractivity contribution in [1.82, 2.24) is 5.32 Å². The van der Waals surface area contributed by atoms with Gasteiger partial charge in [0.2, 0.25) is 0 Å². The first-order valence-corrected chi connectivity index (χ1v) is 11.1. The molecular formula is C23H24N2O4S. The van der Waals surface area contributed by atoms with Crippen LogP contribution in [-0.4, -0.2) is 28.0 Å². The molecule has 0 unspecified atom stereocenters. The van der Waals surface area contributed by atoms with Crippen LogP contribution < -0.4 is 14.8 Å². The number of carbonyl (C=O) groups is 1. The lowest BCUT2D eigenvalue weighted by molar-refractivity contribution is 0.0953. The molecule has 156 valence electrons. The predicted molar refractivity (Wildman–Crippen MR) is 117 cm³/mol. The summed E-state index contributed by atoms with van der Waals surface area (Å²) in [7, 11) is -2.33. The minimum atomic E-state index is -3.80. The molecule has 0 fully saturated rings. The van der Waals surface area contributed by atoms with Crippen LogP contribution in [0.25, 0.3) is 0 Å². The molecule has 6 nitrogen and oxygen atoms in total. The Morgan fingerprint density at radius 3 is 2.27 bits per heavy atom. The Bertz CT molecular complexity index is 1080. The summed E-state index contributed by atoms with van der Waals surface area (Å²) in [5.41, 5.74) is 1.98. The van der Waals surface area contributed by atoms with E-state index >= 15 is 0 Å². The number of benzene rings is 3. The van der Waals surface area contributed by atoms with E-state index in [2.05, 4.69) is 22.2 Å². The van der Waals surface area contributed by atoms with Crippen molar-refractivity contribution in [3.05, 3.63) is 90.0 Å². The van der Waals surface area contributed by atoms with Gasteiger partial charge >= 0.3 is 0 Å². The van der Waals surface area contributed by atoms with Crippen molar-refractivity contribution >= 4 is 21.6 Å². The topological polar surface area (TPSA) is 84.5 Å². The normalized spacial score (nSPS) is 11.0. The maximum Gasteiger partial charge on any atom is 0.262 e. The second kappa shape index (κ2) is 9.93. The molecule has 0 atom stereocenters. The van der Waals surface area contributed by atoms with Gasteiger partial charge in [-0.05, 0) is 54.8 Å². The van der Waals surface area contributed by atoms with Crippen molar-refractivity contribution in [1.29, 1.82) is 0 Å². The lowest BCUT2D eigenvalue weighted by Crippen LogP contribution is -2.24. The Morgan fingerprint density at radius 2 is 1.57 bits per heavy atom. The van der Waals surface area contributed by atoms with Crippen LogP contribution in [0.5, 0.6) is 5.75 Å². The van der Waals surface area contributed by atoms with Crippen LogP contribution in [-0.2, 0) is 16.4 Å². The summed E-state index contributed by atoms with van der Waals surface area (Å²) >= 11 is 0. The highest BCUT2D eigenvalue weighted by molar-refractivity contribution is 7.92. The molecule has 3 aromatic carbocycles. The molecule has 0 bridgehead atoms. The zero-order valence-corrected chi connectivity index (χ0v) is 17.5. The molecule has 3 rings (SSSR count). The lowest BCUT2D eigenvalue weighted by Gasteiger charge is -2.12. The second-order valence-corrected chi connectivity index (χ2v) is 8.36. The highest BCUT2D eigenvalue weighted by Crippen LogP contribution is 2.26. The molecule has 0 spiro atoms. The highest BCUT2D eigenvalue weighted by Gasteiger charge is 2.17. The summed E-state index contributed by atoms with van der Waals surface area (Å²) in [6.07, 6.45) is 1.71. The van der Waals surface area contributed by atoms with Gasteiger partial charge in [0, 0.05) is 12.1 Å². The fraction of sp³-hybridized carbons (Fsp3) is 0.174. The van der Waals surface area contributed by atoms with E-state index < -0.39 is 10.0 Å². The van der Waals surface area contributed by atoms with Crippen molar-refractivity contribution in [3.63, 3.8) is 0 Å². The van der Waals surface area contributed by atoms with E-state index in [1.165, 1.54) is 36.9 Å². The molecular weight excluding hydrogens is 400 g/mol. The highest BCUT2D eigenvalue weighted by atomic mass is 32.2. The van der Waals surface area contributed by atoms with Gasteiger partial charge in [0.1, 0.15) is 5.75 Å². The van der Waals surface area contributed by atoms with Gasteiger partial charge in [0.05, 0.1) is 17.7 Å². The minimum absolute atomic E-state index is 0.0639. The van der Waals surface area contributed by atoms with E-state index in [4.69, 9.17) is 4.74 Å². The Labute approximate surface area is 177 Å². The van der Waals surface area contributed by atoms with Gasteiger partial charge in [0.25, 0.3) is 15.9 Å². The maximum absolute atomic E-state index is 12.6. The number of amides is 1. The van der Waals surface area contributed by atoms with Gasteiger partial charge in [-0.15, -0.1) is 0 Å². The summed E-state index contributed by atoms with van der Waals surface area (Å²) in [5, 5.41) is 2.86. The summed E-state index contributed by atoms with van der Waals surface area (Å²) in [5.74, 6) is 0.192. The molecule has 0 radical (unpaired) electrons. The monoisotopic (exact) mass is 424 g/mol. The predicted octanol–water partition coefficient (Wildman–Crippen LogP) is 3.86. The minimum Gasteiger partial charge on any atom is -0.495 e. The number of rotatable bonds is 9. The number of hydrogen-bond donors (Lipinski definition) is 2. The summed E-state index contributed by atoms with van der Waals surface area (Å²) in [6.45, 7) is 0.545. The summed E-state index contributed by atoms with van der Waals surface area (Å²) in [6, 6.07) is 22.7. The Kier molecular flexibility index (Phi) is 7.08. The molecule has 0 aliphatic carbocycles. The zero-order chi connectivity index (χ0) is 21.4. The van der Waals surface area contributed by atoms with Gasteiger partial charge < -0.3 is 10.1 Å². The third kappa shape index (κ3) is 5.61. The molecule has 0 saturated carbocycles. The van der Waals surface area contributed by atoms with Crippen LogP contribution in [0, 0.1) is 0 Å². The van der Waals surface area contributed by atoms with Crippen molar-refractivity contribution in [3.8, 4) is 5.75 Å². The van der Waals surface area contributed by atoms with E-state index in [1.54, 1.807) is 24.3 Å². The number of para-hydroxylation sites is 2. The molecule has 0 saturated heterocycles. The fourth-order valence-corrected chi connectivity index (χ4v) is 4.03. The maximum atomic E-state index is 12.6. The van der Waals surface area contributed by atoms with Crippen molar-refractivity contribution in [2.75, 3.05) is 18.4 Å². The van der Waals surface area contributed by atoms with Crippen LogP contribution in [0.4, 0.5) is 5.69 Å². The van der Waals surface area contributed by atoms with Gasteiger partial charge in [-0.1, -0.05) is 42.5 Å². The summed E-state index contributed by atoms with van der Waals surface area (Å²) < 4.78 is 32.9. The molecule has 3 aromatic rings. The number of sulfonamides is 1. The fourth-order valence-electron chi connectivity index (χ4n) is 2.96. The van der Waals surface area contributed by atoms with Crippen LogP contribution in [0.15, 0.2) is 83.8 Å². The average molecular weight is 425 g/mol. The Morgan fingerprint density at radius 1 is 0.900 bits per heavy atom. The second-order valence-electron chi connectivity index (χ2n) is 6.68. The molecule has 30 heavy (non-hydrogen) atoms. The molecule has 0 aromatic heterocycles. The van der Waals surface area contributed by atoms with E-state index in [0.717, 1.165) is 12.8 Å². The third-order valence-corrected chi connectivity index (χ3v) is 5.93. The van der Waals surface area contributed by atoms with E-state index in [9.17, 15) is 13.2 Å². The number of anilines is 1. The number of hydrogen-bond acceptors (Lipinski definition) is 4. The quantitative estimate of drug-likeness (QED) is 0.511. The van der Waals surface area contributed by atoms with Gasteiger partial charge in [-0.25, -0.2) is 8.42 Å². The molecule has 0 heterocycles. The lowest BCUT2D eigenvalue weighted by atomic mass is 10.1. The third-order valence-electron chi connectivity index (χ3n) is 4.55. The van der Waals surface area contributed by atoms with Gasteiger partial charge in [-0.2, -0.15) is 0 Å². The Hall–Kier alpha value is -3.32. The first-order chi connectivity index (χ1) is 14.5. The first-order valence-electron chi connectivity index (χ1n) is 9.57. The van der Waals surface area contributed by atoms with Crippen molar-refractivity contribution in [2.45, 2.75) is 17.7 Å². The van der Waals surface area contributed by atoms with Crippen molar-refractivity contribution < 1.29 is 17.9 Å². The SMILES string of the molecule is COc1ccccc1NS(=O)(=O)c1ccc(C(=O)NCCCc2ccccc2)cc1. The van der Waals surface area contributed by atoms with Crippen molar-refractivity contribution in [2.24, 2.45) is 0 Å². The number of ether oxygens (including phenoxy) is 1.